The Morgan fingerprint density at radius 1 is 1.21 bits per heavy atom. The monoisotopic (exact) mass is 385 g/mol. The molecule has 3 atom stereocenters. The molecule has 2 bridgehead atoms. The number of rotatable bonds is 8. The molecular weight excluding hydrogens is 362 g/mol. The number of methoxy groups -OCH3 is 3. The van der Waals surface area contributed by atoms with Crippen molar-refractivity contribution >= 4 is 17.6 Å². The maximum absolute atomic E-state index is 12.6. The molecule has 7 nitrogen and oxygen atoms in total. The molecule has 3 rings (SSSR count). The van der Waals surface area contributed by atoms with E-state index in [0.29, 0.717) is 6.42 Å². The van der Waals surface area contributed by atoms with Crippen molar-refractivity contribution in [1.82, 2.24) is 0 Å². The molecule has 0 fully saturated rings. The standard InChI is InChI=1S/C21H23NO6/c1-5-6-16(22-13-7-9-14(25-2)10-8-13)21-12-11-15(28-21)17(19(23)26-3)18(21)20(24)27-4/h5,7-12,15-16,22H,1,6H2,2-4H3/t15?,16-,21?/m0/s1. The normalized spacial score (nSPS) is 23.3. The number of benzene rings is 1. The van der Waals surface area contributed by atoms with E-state index in [4.69, 9.17) is 18.9 Å². The average Bonchev–Trinajstić information content (AvgIpc) is 3.30. The fourth-order valence-electron chi connectivity index (χ4n) is 3.64. The van der Waals surface area contributed by atoms with Gasteiger partial charge in [-0.15, -0.1) is 6.58 Å². The summed E-state index contributed by atoms with van der Waals surface area (Å²) in [6.45, 7) is 3.82. The molecule has 0 aromatic heterocycles. The molecule has 0 aliphatic carbocycles. The first-order valence-corrected chi connectivity index (χ1v) is 8.80. The van der Waals surface area contributed by atoms with Gasteiger partial charge in [-0.1, -0.05) is 12.2 Å². The van der Waals surface area contributed by atoms with Crippen LogP contribution in [-0.2, 0) is 23.8 Å². The van der Waals surface area contributed by atoms with Crippen molar-refractivity contribution in [2.24, 2.45) is 0 Å². The smallest absolute Gasteiger partial charge is 0.337 e. The fraction of sp³-hybridized carbons (Fsp3) is 0.333. The Balaban J connectivity index is 2.03. The molecule has 0 amide bonds. The number of ether oxygens (including phenoxy) is 4. The van der Waals surface area contributed by atoms with Gasteiger partial charge in [0.15, 0.2) is 0 Å². The Morgan fingerprint density at radius 3 is 2.46 bits per heavy atom. The molecule has 1 aromatic carbocycles. The van der Waals surface area contributed by atoms with Gasteiger partial charge in [-0.2, -0.15) is 0 Å². The summed E-state index contributed by atoms with van der Waals surface area (Å²) < 4.78 is 21.2. The molecule has 2 heterocycles. The predicted octanol–water partition coefficient (Wildman–Crippen LogP) is 2.40. The van der Waals surface area contributed by atoms with Gasteiger partial charge in [0, 0.05) is 5.69 Å². The van der Waals surface area contributed by atoms with E-state index < -0.39 is 29.7 Å². The van der Waals surface area contributed by atoms with Crippen LogP contribution in [0.5, 0.6) is 5.75 Å². The Kier molecular flexibility index (Phi) is 5.56. The molecule has 0 saturated heterocycles. The van der Waals surface area contributed by atoms with Crippen molar-refractivity contribution in [2.45, 2.75) is 24.2 Å². The van der Waals surface area contributed by atoms with E-state index in [1.807, 2.05) is 24.3 Å². The molecule has 2 unspecified atom stereocenters. The molecule has 2 aliphatic heterocycles. The molecule has 148 valence electrons. The second-order valence-electron chi connectivity index (χ2n) is 6.41. The lowest BCUT2D eigenvalue weighted by Crippen LogP contribution is -2.48. The van der Waals surface area contributed by atoms with Crippen LogP contribution in [0.25, 0.3) is 0 Å². The summed E-state index contributed by atoms with van der Waals surface area (Å²) in [5.74, 6) is -0.513. The summed E-state index contributed by atoms with van der Waals surface area (Å²) in [6, 6.07) is 6.96. The SMILES string of the molecule is C=CC[C@H](Nc1ccc(OC)cc1)C12C=CC(O1)C(C(=O)OC)=C2C(=O)OC. The highest BCUT2D eigenvalue weighted by Crippen LogP contribution is 2.47. The van der Waals surface area contributed by atoms with E-state index in [1.165, 1.54) is 14.2 Å². The van der Waals surface area contributed by atoms with Crippen molar-refractivity contribution < 1.29 is 28.5 Å². The number of hydrogen-bond donors (Lipinski definition) is 1. The largest absolute Gasteiger partial charge is 0.497 e. The van der Waals surface area contributed by atoms with E-state index in [0.717, 1.165) is 11.4 Å². The first kappa shape index (κ1) is 19.7. The predicted molar refractivity (Wildman–Crippen MR) is 103 cm³/mol. The van der Waals surface area contributed by atoms with Gasteiger partial charge in [0.25, 0.3) is 0 Å². The molecule has 0 radical (unpaired) electrons. The second-order valence-corrected chi connectivity index (χ2v) is 6.41. The highest BCUT2D eigenvalue weighted by molar-refractivity contribution is 6.05. The Bertz CT molecular complexity index is 841. The molecule has 0 saturated carbocycles. The Morgan fingerprint density at radius 2 is 1.89 bits per heavy atom. The third kappa shape index (κ3) is 3.18. The first-order valence-electron chi connectivity index (χ1n) is 8.80. The van der Waals surface area contributed by atoms with E-state index in [2.05, 4.69) is 11.9 Å². The Hall–Kier alpha value is -3.06. The molecule has 28 heavy (non-hydrogen) atoms. The van der Waals surface area contributed by atoms with Gasteiger partial charge in [0.1, 0.15) is 17.5 Å². The van der Waals surface area contributed by atoms with Crippen LogP contribution in [0.15, 0.2) is 60.2 Å². The summed E-state index contributed by atoms with van der Waals surface area (Å²) >= 11 is 0. The van der Waals surface area contributed by atoms with Gasteiger partial charge in [0.2, 0.25) is 0 Å². The second kappa shape index (κ2) is 7.90. The quantitative estimate of drug-likeness (QED) is 0.543. The zero-order valence-electron chi connectivity index (χ0n) is 16.1. The van der Waals surface area contributed by atoms with Crippen LogP contribution < -0.4 is 10.1 Å². The number of fused-ring (bicyclic) bond motifs is 2. The summed E-state index contributed by atoms with van der Waals surface area (Å²) in [4.78, 5) is 24.9. The lowest BCUT2D eigenvalue weighted by molar-refractivity contribution is -0.139. The van der Waals surface area contributed by atoms with E-state index in [1.54, 1.807) is 25.3 Å². The maximum Gasteiger partial charge on any atom is 0.337 e. The lowest BCUT2D eigenvalue weighted by atomic mass is 9.80. The number of hydrogen-bond acceptors (Lipinski definition) is 7. The van der Waals surface area contributed by atoms with E-state index >= 15 is 0 Å². The van der Waals surface area contributed by atoms with Crippen molar-refractivity contribution in [3.8, 4) is 5.75 Å². The summed E-state index contributed by atoms with van der Waals surface area (Å²) in [6.07, 6.45) is 5.08. The van der Waals surface area contributed by atoms with Gasteiger partial charge in [-0.05, 0) is 36.8 Å². The van der Waals surface area contributed by atoms with Crippen molar-refractivity contribution in [3.63, 3.8) is 0 Å². The lowest BCUT2D eigenvalue weighted by Gasteiger charge is -2.35. The molecule has 1 N–H and O–H groups in total. The number of carbonyl (C=O) groups is 2. The molecule has 7 heteroatoms. The fourth-order valence-corrected chi connectivity index (χ4v) is 3.64. The van der Waals surface area contributed by atoms with Crippen molar-refractivity contribution in [1.29, 1.82) is 0 Å². The summed E-state index contributed by atoms with van der Waals surface area (Å²) in [5.41, 5.74) is -0.0436. The molecule has 1 aromatic rings. The highest BCUT2D eigenvalue weighted by Gasteiger charge is 2.58. The summed E-state index contributed by atoms with van der Waals surface area (Å²) in [7, 11) is 4.13. The topological polar surface area (TPSA) is 83.1 Å². The number of esters is 2. The maximum atomic E-state index is 12.6. The molecule has 0 spiro atoms. The van der Waals surface area contributed by atoms with Crippen LogP contribution >= 0.6 is 0 Å². The number of anilines is 1. The van der Waals surface area contributed by atoms with Gasteiger partial charge in [0.05, 0.1) is 38.5 Å². The van der Waals surface area contributed by atoms with Gasteiger partial charge in [-0.3, -0.25) is 0 Å². The molecular formula is C21H23NO6. The van der Waals surface area contributed by atoms with E-state index in [9.17, 15) is 9.59 Å². The van der Waals surface area contributed by atoms with Crippen LogP contribution in [0.3, 0.4) is 0 Å². The van der Waals surface area contributed by atoms with Gasteiger partial charge < -0.3 is 24.3 Å². The van der Waals surface area contributed by atoms with Crippen LogP contribution in [0, 0.1) is 0 Å². The van der Waals surface area contributed by atoms with E-state index in [-0.39, 0.29) is 11.1 Å². The first-order chi connectivity index (χ1) is 13.5. The highest BCUT2D eigenvalue weighted by atomic mass is 16.6. The number of carbonyl (C=O) groups excluding carboxylic acids is 2. The van der Waals surface area contributed by atoms with Crippen LogP contribution in [0.1, 0.15) is 6.42 Å². The summed E-state index contributed by atoms with van der Waals surface area (Å²) in [5, 5.41) is 3.38. The molecule has 2 aliphatic rings. The Labute approximate surface area is 163 Å². The average molecular weight is 385 g/mol. The van der Waals surface area contributed by atoms with Crippen LogP contribution in [-0.4, -0.2) is 51.0 Å². The van der Waals surface area contributed by atoms with Crippen LogP contribution in [0.2, 0.25) is 0 Å². The minimum Gasteiger partial charge on any atom is -0.497 e. The third-order valence-electron chi connectivity index (χ3n) is 4.93. The zero-order valence-corrected chi connectivity index (χ0v) is 16.1. The van der Waals surface area contributed by atoms with Crippen LogP contribution in [0.4, 0.5) is 5.69 Å². The third-order valence-corrected chi connectivity index (χ3v) is 4.93. The van der Waals surface area contributed by atoms with Crippen molar-refractivity contribution in [3.05, 3.63) is 60.2 Å². The van der Waals surface area contributed by atoms with Gasteiger partial charge in [-0.25, -0.2) is 9.59 Å². The van der Waals surface area contributed by atoms with Gasteiger partial charge >= 0.3 is 11.9 Å². The minimum absolute atomic E-state index is 0.155. The van der Waals surface area contributed by atoms with Crippen molar-refractivity contribution in [2.75, 3.05) is 26.6 Å². The zero-order chi connectivity index (χ0) is 20.3. The minimum atomic E-state index is -1.17. The number of nitrogens with one attached hydrogen (secondary N) is 1.